The van der Waals surface area contributed by atoms with Gasteiger partial charge in [-0.1, -0.05) is 0 Å². The monoisotopic (exact) mass is 398 g/mol. The molecule has 0 saturated carbocycles. The van der Waals surface area contributed by atoms with Crippen molar-refractivity contribution in [3.8, 4) is 11.4 Å². The van der Waals surface area contributed by atoms with Gasteiger partial charge in [-0.3, -0.25) is 14.9 Å². The molecule has 0 saturated heterocycles. The summed E-state index contributed by atoms with van der Waals surface area (Å²) in [7, 11) is 0. The fraction of sp³-hybridized carbons (Fsp3) is 0.200. The molecule has 3 aromatic rings. The molecule has 1 amide bonds. The molecule has 0 fully saturated rings. The normalized spacial score (nSPS) is 11.2. The maximum absolute atomic E-state index is 13.1. The van der Waals surface area contributed by atoms with Gasteiger partial charge in [0.2, 0.25) is 0 Å². The van der Waals surface area contributed by atoms with Gasteiger partial charge in [-0.2, -0.15) is 5.10 Å². The third kappa shape index (κ3) is 4.57. The van der Waals surface area contributed by atoms with Gasteiger partial charge in [0.15, 0.2) is 5.60 Å². The number of hydrogen-bond acceptors (Lipinski definition) is 5. The minimum atomic E-state index is -1.25. The highest BCUT2D eigenvalue weighted by Gasteiger charge is 2.31. The lowest BCUT2D eigenvalue weighted by molar-refractivity contribution is -0.384. The summed E-state index contributed by atoms with van der Waals surface area (Å²) in [6.07, 6.45) is 0. The van der Waals surface area contributed by atoms with Crippen LogP contribution in [-0.2, 0) is 4.79 Å². The summed E-state index contributed by atoms with van der Waals surface area (Å²) < 4.78 is 20.2. The Balaban J connectivity index is 1.81. The zero-order valence-electron chi connectivity index (χ0n) is 16.0. The van der Waals surface area contributed by atoms with E-state index in [1.165, 1.54) is 41.1 Å². The summed E-state index contributed by atoms with van der Waals surface area (Å²) in [4.78, 5) is 23.1. The van der Waals surface area contributed by atoms with Crippen molar-refractivity contribution in [3.63, 3.8) is 0 Å². The number of nitro benzene ring substituents is 1. The fourth-order valence-corrected chi connectivity index (χ4v) is 2.61. The Morgan fingerprint density at radius 2 is 1.79 bits per heavy atom. The number of benzene rings is 2. The number of anilines is 1. The molecule has 0 aliphatic heterocycles. The Morgan fingerprint density at radius 3 is 2.38 bits per heavy atom. The molecular formula is C20H19FN4O4. The van der Waals surface area contributed by atoms with Crippen LogP contribution >= 0.6 is 0 Å². The SMILES string of the molecule is Cc1cc(NC(=O)C(C)(C)Oc2ccc(F)cc2)n(-c2ccc([N+](=O)[O-])cc2)n1. The maximum atomic E-state index is 13.1. The molecule has 1 heterocycles. The summed E-state index contributed by atoms with van der Waals surface area (Å²) in [6.45, 7) is 4.94. The average Bonchev–Trinajstić information content (AvgIpc) is 3.03. The van der Waals surface area contributed by atoms with E-state index >= 15 is 0 Å². The lowest BCUT2D eigenvalue weighted by Crippen LogP contribution is -2.42. The standard InChI is InChI=1S/C20H19FN4O4/c1-13-12-18(24(23-13)15-6-8-16(9-7-15)25(27)28)22-19(26)20(2,3)29-17-10-4-14(21)5-11-17/h4-12H,1-3H3,(H,22,26). The maximum Gasteiger partial charge on any atom is 0.269 e. The summed E-state index contributed by atoms with van der Waals surface area (Å²) >= 11 is 0. The first-order valence-corrected chi connectivity index (χ1v) is 8.73. The number of nitrogens with one attached hydrogen (secondary N) is 1. The van der Waals surface area contributed by atoms with Gasteiger partial charge >= 0.3 is 0 Å². The van der Waals surface area contributed by atoms with E-state index < -0.39 is 22.2 Å². The van der Waals surface area contributed by atoms with Crippen molar-refractivity contribution in [3.05, 3.63) is 76.2 Å². The molecule has 0 unspecified atom stereocenters. The summed E-state index contributed by atoms with van der Waals surface area (Å²) in [6, 6.07) is 12.9. The van der Waals surface area contributed by atoms with Crippen molar-refractivity contribution >= 4 is 17.4 Å². The Bertz CT molecular complexity index is 1040. The Morgan fingerprint density at radius 1 is 1.17 bits per heavy atom. The number of halogens is 1. The number of nitrogens with zero attached hydrogens (tertiary/aromatic N) is 3. The average molecular weight is 398 g/mol. The predicted octanol–water partition coefficient (Wildman–Crippen LogP) is 4.02. The van der Waals surface area contributed by atoms with Gasteiger partial charge < -0.3 is 10.1 Å². The number of ether oxygens (including phenoxy) is 1. The van der Waals surface area contributed by atoms with Crippen LogP contribution in [-0.4, -0.2) is 26.2 Å². The van der Waals surface area contributed by atoms with Gasteiger partial charge in [-0.15, -0.1) is 0 Å². The number of hydrogen-bond donors (Lipinski definition) is 1. The number of nitro groups is 1. The van der Waals surface area contributed by atoms with Crippen molar-refractivity contribution in [1.82, 2.24) is 9.78 Å². The van der Waals surface area contributed by atoms with Gasteiger partial charge in [-0.05, 0) is 57.2 Å². The second-order valence-electron chi connectivity index (χ2n) is 6.88. The Kier molecular flexibility index (Phi) is 5.31. The van der Waals surface area contributed by atoms with Crippen molar-refractivity contribution in [2.75, 3.05) is 5.32 Å². The van der Waals surface area contributed by atoms with Crippen LogP contribution in [0, 0.1) is 22.9 Å². The molecule has 0 aliphatic carbocycles. The van der Waals surface area contributed by atoms with Crippen LogP contribution in [0.15, 0.2) is 54.6 Å². The second-order valence-corrected chi connectivity index (χ2v) is 6.88. The number of carbonyl (C=O) groups is 1. The van der Waals surface area contributed by atoms with E-state index in [2.05, 4.69) is 10.4 Å². The second kappa shape index (κ2) is 7.70. The van der Waals surface area contributed by atoms with E-state index in [0.717, 1.165) is 0 Å². The lowest BCUT2D eigenvalue weighted by atomic mass is 10.1. The minimum Gasteiger partial charge on any atom is -0.478 e. The van der Waals surface area contributed by atoms with Crippen LogP contribution in [0.1, 0.15) is 19.5 Å². The minimum absolute atomic E-state index is 0.0444. The molecule has 9 heteroatoms. The molecule has 0 bridgehead atoms. The van der Waals surface area contributed by atoms with E-state index in [1.807, 2.05) is 0 Å². The topological polar surface area (TPSA) is 99.3 Å². The van der Waals surface area contributed by atoms with Gasteiger partial charge in [-0.25, -0.2) is 9.07 Å². The molecule has 0 aliphatic rings. The number of aromatic nitrogens is 2. The van der Waals surface area contributed by atoms with Crippen LogP contribution < -0.4 is 10.1 Å². The highest BCUT2D eigenvalue weighted by molar-refractivity contribution is 5.96. The number of non-ortho nitro benzene ring substituents is 1. The molecule has 0 atom stereocenters. The third-order valence-corrected chi connectivity index (χ3v) is 4.11. The number of amides is 1. The first-order valence-electron chi connectivity index (χ1n) is 8.73. The highest BCUT2D eigenvalue weighted by Crippen LogP contribution is 2.23. The van der Waals surface area contributed by atoms with Crippen molar-refractivity contribution in [2.24, 2.45) is 0 Å². The van der Waals surface area contributed by atoms with E-state index in [4.69, 9.17) is 4.74 Å². The van der Waals surface area contributed by atoms with Crippen LogP contribution in [0.4, 0.5) is 15.9 Å². The van der Waals surface area contributed by atoms with Gasteiger partial charge in [0.1, 0.15) is 17.4 Å². The van der Waals surface area contributed by atoms with Crippen LogP contribution in [0.2, 0.25) is 0 Å². The Labute approximate surface area is 166 Å². The molecule has 2 aromatic carbocycles. The van der Waals surface area contributed by atoms with E-state index in [-0.39, 0.29) is 5.69 Å². The fourth-order valence-electron chi connectivity index (χ4n) is 2.61. The molecule has 1 N–H and O–H groups in total. The zero-order chi connectivity index (χ0) is 21.2. The zero-order valence-corrected chi connectivity index (χ0v) is 16.0. The molecule has 1 aromatic heterocycles. The van der Waals surface area contributed by atoms with E-state index in [0.29, 0.717) is 22.9 Å². The number of carbonyl (C=O) groups excluding carboxylic acids is 1. The largest absolute Gasteiger partial charge is 0.478 e. The van der Waals surface area contributed by atoms with Crippen molar-refractivity contribution < 1.29 is 18.8 Å². The number of aryl methyl sites for hydroxylation is 1. The Hall–Kier alpha value is -3.75. The summed E-state index contributed by atoms with van der Waals surface area (Å²) in [5, 5.41) is 17.9. The molecule has 150 valence electrons. The summed E-state index contributed by atoms with van der Waals surface area (Å²) in [5.41, 5.74) is -0.0970. The molecule has 0 radical (unpaired) electrons. The lowest BCUT2D eigenvalue weighted by Gasteiger charge is -2.25. The quantitative estimate of drug-likeness (QED) is 0.499. The van der Waals surface area contributed by atoms with Crippen LogP contribution in [0.3, 0.4) is 0 Å². The van der Waals surface area contributed by atoms with Gasteiger partial charge in [0.25, 0.3) is 11.6 Å². The van der Waals surface area contributed by atoms with Gasteiger partial charge in [0.05, 0.1) is 16.3 Å². The molecule has 0 spiro atoms. The summed E-state index contributed by atoms with van der Waals surface area (Å²) in [5.74, 6) is -0.101. The number of rotatable bonds is 6. The highest BCUT2D eigenvalue weighted by atomic mass is 19.1. The van der Waals surface area contributed by atoms with Crippen molar-refractivity contribution in [2.45, 2.75) is 26.4 Å². The smallest absolute Gasteiger partial charge is 0.269 e. The van der Waals surface area contributed by atoms with E-state index in [1.54, 1.807) is 39.0 Å². The molecule has 8 nitrogen and oxygen atoms in total. The first-order chi connectivity index (χ1) is 13.7. The van der Waals surface area contributed by atoms with Crippen LogP contribution in [0.25, 0.3) is 5.69 Å². The predicted molar refractivity (Wildman–Crippen MR) is 105 cm³/mol. The first kappa shape index (κ1) is 20.0. The van der Waals surface area contributed by atoms with Crippen LogP contribution in [0.5, 0.6) is 5.75 Å². The third-order valence-electron chi connectivity index (χ3n) is 4.11. The molecule has 3 rings (SSSR count). The van der Waals surface area contributed by atoms with Crippen molar-refractivity contribution in [1.29, 1.82) is 0 Å². The van der Waals surface area contributed by atoms with E-state index in [9.17, 15) is 19.3 Å². The molecular weight excluding hydrogens is 379 g/mol. The van der Waals surface area contributed by atoms with Gasteiger partial charge in [0, 0.05) is 18.2 Å². The molecule has 29 heavy (non-hydrogen) atoms.